The number of nitrogens with zero attached hydrogens (tertiary/aromatic N) is 3. The Morgan fingerprint density at radius 2 is 0.500 bits per heavy atom. The zero-order chi connectivity index (χ0) is 81.7. The number of rotatable bonds is 10. The van der Waals surface area contributed by atoms with Crippen LogP contribution < -0.4 is 26.2 Å². The predicted molar refractivity (Wildman–Crippen MR) is 504 cm³/mol. The van der Waals surface area contributed by atoms with Gasteiger partial charge in [0.1, 0.15) is 0 Å². The summed E-state index contributed by atoms with van der Waals surface area (Å²) in [5, 5.41) is 2.52. The molecular weight excluding hydrogens is 1400 g/mol. The minimum absolute atomic E-state index is 0.0724. The second-order valence-electron chi connectivity index (χ2n) is 40.4. The third-order valence-electron chi connectivity index (χ3n) is 24.8. The molecule has 0 unspecified atom stereocenters. The van der Waals surface area contributed by atoms with Gasteiger partial charge in [0.2, 0.25) is 0 Å². The van der Waals surface area contributed by atoms with Crippen molar-refractivity contribution in [3.05, 3.63) is 336 Å². The zero-order valence-corrected chi connectivity index (χ0v) is 72.2. The van der Waals surface area contributed by atoms with E-state index >= 15 is 0 Å². The Labute approximate surface area is 691 Å². The van der Waals surface area contributed by atoms with Crippen molar-refractivity contribution < 1.29 is 0 Å². The molecule has 4 heteroatoms. The molecule has 1 aromatic heterocycles. The molecule has 14 aromatic carbocycles. The van der Waals surface area contributed by atoms with Crippen LogP contribution in [-0.2, 0) is 37.9 Å². The lowest BCUT2D eigenvalue weighted by Gasteiger charge is -2.47. The van der Waals surface area contributed by atoms with Crippen molar-refractivity contribution in [3.8, 4) is 83.6 Å². The Morgan fingerprint density at radius 1 is 0.207 bits per heavy atom. The third kappa shape index (κ3) is 14.0. The number of anilines is 6. The first-order chi connectivity index (χ1) is 54.9. The fourth-order valence-electron chi connectivity index (χ4n) is 17.8. The van der Waals surface area contributed by atoms with Crippen molar-refractivity contribution in [1.82, 2.24) is 4.57 Å². The standard InChI is InChI=1S/C112H112BN3/c1-106(2,3)81-51-56-97-93(62-81)94-63-82(107(4,5)6)52-57-98(94)114(97)88-53-55-96-100(70-88)116(105-91(77-46-42-73(43-47-77)71-34-26-22-27-35-71)66-86(111(16,17)18)67-92(105)78-48-44-74(45-49-78)72-36-28-23-29-37-72)102-69-87(112(19,20)21)68-101-103(102)113(96)95-54-50-79(80-58-83(108(7,8)9)61-84(59-80)109(10,11)12)60-99(95)115(101)104-89(75-38-30-24-31-39-75)64-85(110(13,14)15)65-90(104)76-40-32-25-33-41-76/h22-70H,1-21H3. The average molecular weight is 1510 g/mol. The number of hydrogen-bond donors (Lipinski definition) is 0. The maximum atomic E-state index is 2.78. The minimum Gasteiger partial charge on any atom is -0.310 e. The van der Waals surface area contributed by atoms with Crippen molar-refractivity contribution in [3.63, 3.8) is 0 Å². The van der Waals surface area contributed by atoms with E-state index in [1.54, 1.807) is 0 Å². The summed E-state index contributed by atoms with van der Waals surface area (Å²) in [6.45, 7) is 49.5. The van der Waals surface area contributed by atoms with Gasteiger partial charge < -0.3 is 14.4 Å². The molecule has 0 aliphatic carbocycles. The first-order valence-electron chi connectivity index (χ1n) is 42.1. The van der Waals surface area contributed by atoms with E-state index in [0.717, 1.165) is 67.5 Å². The lowest BCUT2D eigenvalue weighted by molar-refractivity contribution is 0.569. The van der Waals surface area contributed by atoms with E-state index in [0.29, 0.717) is 0 Å². The molecule has 0 N–H and O–H groups in total. The Kier molecular flexibility index (Phi) is 18.7. The molecule has 0 amide bonds. The molecule has 0 spiro atoms. The Morgan fingerprint density at radius 3 is 0.862 bits per heavy atom. The lowest BCUT2D eigenvalue weighted by Crippen LogP contribution is -2.61. The first-order valence-corrected chi connectivity index (χ1v) is 42.1. The van der Waals surface area contributed by atoms with Gasteiger partial charge >= 0.3 is 0 Å². The lowest BCUT2D eigenvalue weighted by atomic mass is 9.33. The Hall–Kier alpha value is -11.5. The molecule has 0 saturated heterocycles. The van der Waals surface area contributed by atoms with Crippen molar-refractivity contribution in [2.24, 2.45) is 0 Å². The van der Waals surface area contributed by atoms with Crippen LogP contribution in [-0.4, -0.2) is 11.3 Å². The van der Waals surface area contributed by atoms with Crippen LogP contribution in [0.5, 0.6) is 0 Å². The van der Waals surface area contributed by atoms with E-state index in [9.17, 15) is 0 Å². The van der Waals surface area contributed by atoms with Crippen LogP contribution in [0.25, 0.3) is 105 Å². The van der Waals surface area contributed by atoms with Gasteiger partial charge in [0.05, 0.1) is 22.4 Å². The third-order valence-corrected chi connectivity index (χ3v) is 24.8. The van der Waals surface area contributed by atoms with Gasteiger partial charge in [-0.25, -0.2) is 0 Å². The number of fused-ring (bicyclic) bond motifs is 7. The fraction of sp³-hybridized carbons (Fsp3) is 0.250. The minimum atomic E-state index is -0.358. The summed E-state index contributed by atoms with van der Waals surface area (Å²) in [5.41, 5.74) is 38.4. The van der Waals surface area contributed by atoms with E-state index in [4.69, 9.17) is 0 Å². The molecule has 0 atom stereocenters. The van der Waals surface area contributed by atoms with Crippen molar-refractivity contribution in [1.29, 1.82) is 0 Å². The second-order valence-corrected chi connectivity index (χ2v) is 40.4. The van der Waals surface area contributed by atoms with Gasteiger partial charge in [-0.05, 0) is 228 Å². The van der Waals surface area contributed by atoms with Gasteiger partial charge in [-0.3, -0.25) is 0 Å². The largest absolute Gasteiger partial charge is 0.310 e. The molecule has 2 aliphatic heterocycles. The summed E-state index contributed by atoms with van der Waals surface area (Å²) < 4.78 is 2.58. The van der Waals surface area contributed by atoms with E-state index in [2.05, 4.69) is 457 Å². The van der Waals surface area contributed by atoms with Crippen LogP contribution in [0.3, 0.4) is 0 Å². The number of hydrogen-bond acceptors (Lipinski definition) is 2. The molecule has 15 aromatic rings. The van der Waals surface area contributed by atoms with Crippen molar-refractivity contribution >= 4 is 79.0 Å². The molecule has 17 rings (SSSR count). The molecular formula is C112H112BN3. The summed E-state index contributed by atoms with van der Waals surface area (Å²) in [6, 6.07) is 116. The molecule has 0 saturated carbocycles. The highest BCUT2D eigenvalue weighted by molar-refractivity contribution is 7.00. The maximum Gasteiger partial charge on any atom is 0.252 e. The molecule has 2 aliphatic rings. The van der Waals surface area contributed by atoms with E-state index in [-0.39, 0.29) is 44.6 Å². The monoisotopic (exact) mass is 1510 g/mol. The highest BCUT2D eigenvalue weighted by Crippen LogP contribution is 2.56. The fourth-order valence-corrected chi connectivity index (χ4v) is 17.8. The SMILES string of the molecule is CC(C)(C)c1cc(-c2ccc3c(c2)N(c2c(-c4ccccc4)cc(C(C)(C)C)cc2-c2ccccc2)c2cc(C(C)(C)C)cc4c2B3c2ccc(-n3c5ccc(C(C)(C)C)cc5c5cc(C(C)(C)C)ccc53)cc2N4c2c(-c3ccc(-c4ccccc4)cc3)cc(C(C)(C)C)cc2-c2ccc(-c3ccccc3)cc2)cc(C(C)(C)C)c1. The highest BCUT2D eigenvalue weighted by atomic mass is 15.2. The van der Waals surface area contributed by atoms with Crippen LogP contribution >= 0.6 is 0 Å². The number of benzene rings is 14. The summed E-state index contributed by atoms with van der Waals surface area (Å²) in [6.07, 6.45) is 0. The van der Waals surface area contributed by atoms with E-state index in [1.807, 2.05) is 0 Å². The average Bonchev–Trinajstić information content (AvgIpc) is 0.898. The summed E-state index contributed by atoms with van der Waals surface area (Å²) in [5.74, 6) is 0. The molecule has 3 heterocycles. The zero-order valence-electron chi connectivity index (χ0n) is 72.2. The Bertz CT molecular complexity index is 6040. The van der Waals surface area contributed by atoms with Gasteiger partial charge in [-0.1, -0.05) is 364 Å². The van der Waals surface area contributed by atoms with Gasteiger partial charge in [-0.2, -0.15) is 0 Å². The molecule has 0 bridgehead atoms. The van der Waals surface area contributed by atoms with Crippen molar-refractivity contribution in [2.75, 3.05) is 9.80 Å². The first kappa shape index (κ1) is 77.1. The number of aromatic nitrogens is 1. The smallest absolute Gasteiger partial charge is 0.252 e. The topological polar surface area (TPSA) is 11.4 Å². The summed E-state index contributed by atoms with van der Waals surface area (Å²) in [7, 11) is 0. The quantitative estimate of drug-likeness (QED) is 0.126. The highest BCUT2D eigenvalue weighted by Gasteiger charge is 2.47. The van der Waals surface area contributed by atoms with Crippen LogP contribution in [0.2, 0.25) is 0 Å². The summed E-state index contributed by atoms with van der Waals surface area (Å²) in [4.78, 5) is 5.55. The van der Waals surface area contributed by atoms with Crippen LogP contribution in [0.4, 0.5) is 34.1 Å². The van der Waals surface area contributed by atoms with Gasteiger partial charge in [0, 0.05) is 61.5 Å². The maximum absolute atomic E-state index is 2.78. The van der Waals surface area contributed by atoms with E-state index in [1.165, 1.54) is 127 Å². The molecule has 0 fully saturated rings. The molecule has 116 heavy (non-hydrogen) atoms. The Balaban J connectivity index is 1.07. The predicted octanol–water partition coefficient (Wildman–Crippen LogP) is 29.6. The van der Waals surface area contributed by atoms with Crippen LogP contribution in [0, 0.1) is 0 Å². The van der Waals surface area contributed by atoms with Crippen LogP contribution in [0.15, 0.2) is 297 Å². The van der Waals surface area contributed by atoms with Gasteiger partial charge in [-0.15, -0.1) is 0 Å². The van der Waals surface area contributed by atoms with E-state index < -0.39 is 0 Å². The summed E-state index contributed by atoms with van der Waals surface area (Å²) >= 11 is 0. The van der Waals surface area contributed by atoms with Crippen molar-refractivity contribution in [2.45, 2.75) is 183 Å². The normalized spacial score (nSPS) is 13.3. The molecule has 3 nitrogen and oxygen atoms in total. The van der Waals surface area contributed by atoms with Gasteiger partial charge in [0.25, 0.3) is 6.71 Å². The van der Waals surface area contributed by atoms with Crippen LogP contribution in [0.1, 0.15) is 184 Å². The molecule has 0 radical (unpaired) electrons. The van der Waals surface area contributed by atoms with Gasteiger partial charge in [0.15, 0.2) is 0 Å². The second kappa shape index (κ2) is 28.2. The molecule has 578 valence electrons.